The molecule has 0 radical (unpaired) electrons. The largest absolute Gasteiger partial charge is 0.420 e. The fourth-order valence-electron chi connectivity index (χ4n) is 2.75. The zero-order chi connectivity index (χ0) is 24.9. The van der Waals surface area contributed by atoms with Crippen LogP contribution < -0.4 is 10.1 Å². The molecule has 1 N–H and O–H groups in total. The van der Waals surface area contributed by atoms with E-state index in [0.717, 1.165) is 0 Å². The smallest absolute Gasteiger partial charge is 0.313 e. The number of esters is 1. The first-order valence-corrected chi connectivity index (χ1v) is 10.1. The number of ether oxygens (including phenoxy) is 3. The lowest BCUT2D eigenvalue weighted by molar-refractivity contribution is -0.307. The molecular weight excluding hydrogens is 441 g/mol. The maximum Gasteiger partial charge on any atom is 0.313 e. The quantitative estimate of drug-likeness (QED) is 0.220. The van der Waals surface area contributed by atoms with E-state index in [9.17, 15) is 31.5 Å². The number of hydrogen-bond donors (Lipinski definition) is 1. The van der Waals surface area contributed by atoms with Crippen LogP contribution in [0.1, 0.15) is 54.4 Å². The van der Waals surface area contributed by atoms with Gasteiger partial charge >= 0.3 is 5.97 Å². The van der Waals surface area contributed by atoms with Gasteiger partial charge in [-0.15, -0.1) is 0 Å². The van der Waals surface area contributed by atoms with Crippen LogP contribution >= 0.6 is 0 Å². The Bertz CT molecular complexity index is 819. The van der Waals surface area contributed by atoms with Crippen molar-refractivity contribution in [2.24, 2.45) is 5.41 Å². The van der Waals surface area contributed by atoms with Crippen molar-refractivity contribution in [1.82, 2.24) is 5.32 Å². The molecule has 2 atom stereocenters. The molecule has 6 nitrogen and oxygen atoms in total. The van der Waals surface area contributed by atoms with E-state index in [1.54, 1.807) is 20.8 Å². The Morgan fingerprint density at radius 2 is 1.50 bits per heavy atom. The van der Waals surface area contributed by atoms with E-state index in [1.165, 1.54) is 0 Å². The molecule has 0 aromatic heterocycles. The first-order chi connectivity index (χ1) is 14.8. The molecule has 182 valence electrons. The Kier molecular flexibility index (Phi) is 9.58. The van der Waals surface area contributed by atoms with Crippen LogP contribution in [0, 0.1) is 34.5 Å². The second-order valence-electron chi connectivity index (χ2n) is 7.61. The number of benzene rings is 1. The molecule has 1 aromatic rings. The highest BCUT2D eigenvalue weighted by molar-refractivity contribution is 5.82. The van der Waals surface area contributed by atoms with Crippen molar-refractivity contribution in [3.63, 3.8) is 0 Å². The van der Waals surface area contributed by atoms with Crippen LogP contribution in [0.15, 0.2) is 0 Å². The minimum absolute atomic E-state index is 0.261. The number of hydrogen-bond acceptors (Lipinski definition) is 5. The van der Waals surface area contributed by atoms with Gasteiger partial charge in [0.25, 0.3) is 0 Å². The SMILES string of the molecule is CC.CCC1(C)COC(C)(C)OC1C(=O)NCCC(=O)Oc1c(F)c(F)c(F)c(F)c1F. The van der Waals surface area contributed by atoms with E-state index in [4.69, 9.17) is 9.47 Å². The Morgan fingerprint density at radius 3 is 2.00 bits per heavy atom. The normalized spacial score (nSPS) is 21.9. The molecule has 1 saturated heterocycles. The molecule has 2 rings (SSSR count). The summed E-state index contributed by atoms with van der Waals surface area (Å²) in [6.07, 6.45) is -0.915. The first-order valence-electron chi connectivity index (χ1n) is 10.1. The molecule has 1 aromatic carbocycles. The van der Waals surface area contributed by atoms with Crippen molar-refractivity contribution in [3.05, 3.63) is 29.1 Å². The van der Waals surface area contributed by atoms with E-state index >= 15 is 0 Å². The molecule has 0 aliphatic carbocycles. The minimum atomic E-state index is -2.37. The second kappa shape index (κ2) is 11.0. The van der Waals surface area contributed by atoms with Crippen LogP contribution in [-0.4, -0.2) is 36.9 Å². The van der Waals surface area contributed by atoms with Crippen LogP contribution in [-0.2, 0) is 19.1 Å². The number of carbonyl (C=O) groups is 2. The molecule has 1 aliphatic heterocycles. The molecule has 1 amide bonds. The number of amides is 1. The summed E-state index contributed by atoms with van der Waals surface area (Å²) in [5.41, 5.74) is -0.629. The lowest BCUT2D eigenvalue weighted by atomic mass is 9.80. The third kappa shape index (κ3) is 6.16. The zero-order valence-corrected chi connectivity index (χ0v) is 18.8. The van der Waals surface area contributed by atoms with Crippen molar-refractivity contribution in [2.75, 3.05) is 13.2 Å². The average Bonchev–Trinajstić information content (AvgIpc) is 2.77. The second-order valence-corrected chi connectivity index (χ2v) is 7.61. The molecule has 11 heteroatoms. The summed E-state index contributed by atoms with van der Waals surface area (Å²) >= 11 is 0. The van der Waals surface area contributed by atoms with Crippen LogP contribution in [0.25, 0.3) is 0 Å². The van der Waals surface area contributed by atoms with Gasteiger partial charge in [-0.1, -0.05) is 27.7 Å². The standard InChI is InChI=1S/C19H22F5NO5.C2H6/c1-5-19(4)8-28-18(2,3)30-16(19)17(27)25-7-6-9(26)29-15-13(23)11(21)10(20)12(22)14(15)24;1-2/h16H,5-8H2,1-4H3,(H,25,27);1-2H3. The van der Waals surface area contributed by atoms with Gasteiger partial charge in [0, 0.05) is 12.0 Å². The van der Waals surface area contributed by atoms with E-state index in [2.05, 4.69) is 10.1 Å². The summed E-state index contributed by atoms with van der Waals surface area (Å²) in [4.78, 5) is 24.3. The molecule has 0 bridgehead atoms. The molecule has 0 spiro atoms. The maximum absolute atomic E-state index is 13.6. The first kappa shape index (κ1) is 27.8. The highest BCUT2D eigenvalue weighted by atomic mass is 19.2. The molecular formula is C21H28F5NO5. The Morgan fingerprint density at radius 1 is 1.00 bits per heavy atom. The maximum atomic E-state index is 13.6. The van der Waals surface area contributed by atoms with Gasteiger partial charge in [-0.05, 0) is 20.3 Å². The third-order valence-electron chi connectivity index (χ3n) is 4.84. The van der Waals surface area contributed by atoms with E-state index in [0.29, 0.717) is 6.42 Å². The molecule has 32 heavy (non-hydrogen) atoms. The molecule has 0 saturated carbocycles. The predicted molar refractivity (Wildman–Crippen MR) is 104 cm³/mol. The average molecular weight is 469 g/mol. The summed E-state index contributed by atoms with van der Waals surface area (Å²) in [5, 5.41) is 2.44. The topological polar surface area (TPSA) is 73.9 Å². The summed E-state index contributed by atoms with van der Waals surface area (Å²) in [6.45, 7) is 10.9. The van der Waals surface area contributed by atoms with E-state index in [-0.39, 0.29) is 13.2 Å². The van der Waals surface area contributed by atoms with Gasteiger partial charge in [-0.3, -0.25) is 9.59 Å². The van der Waals surface area contributed by atoms with Gasteiger partial charge in [0.1, 0.15) is 6.10 Å². The number of halogens is 5. The number of rotatable bonds is 6. The Hall–Kier alpha value is -2.27. The van der Waals surface area contributed by atoms with E-state index in [1.807, 2.05) is 20.8 Å². The van der Waals surface area contributed by atoms with Crippen LogP contribution in [0.3, 0.4) is 0 Å². The molecule has 1 fully saturated rings. The van der Waals surface area contributed by atoms with Crippen molar-refractivity contribution in [2.45, 2.75) is 66.3 Å². The van der Waals surface area contributed by atoms with Gasteiger partial charge in [-0.2, -0.15) is 8.78 Å². The van der Waals surface area contributed by atoms with Crippen LogP contribution in [0.5, 0.6) is 5.75 Å². The lowest BCUT2D eigenvalue weighted by Crippen LogP contribution is -2.57. The van der Waals surface area contributed by atoms with Gasteiger partial charge in [0.05, 0.1) is 13.0 Å². The van der Waals surface area contributed by atoms with Gasteiger partial charge in [0.2, 0.25) is 40.7 Å². The fraction of sp³-hybridized carbons (Fsp3) is 0.619. The highest BCUT2D eigenvalue weighted by Gasteiger charge is 2.47. The zero-order valence-electron chi connectivity index (χ0n) is 18.8. The lowest BCUT2D eigenvalue weighted by Gasteiger charge is -2.46. The van der Waals surface area contributed by atoms with Gasteiger partial charge in [0.15, 0.2) is 5.79 Å². The molecule has 1 heterocycles. The number of nitrogens with one attached hydrogen (secondary N) is 1. The minimum Gasteiger partial charge on any atom is -0.420 e. The monoisotopic (exact) mass is 469 g/mol. The van der Waals surface area contributed by atoms with Crippen LogP contribution in [0.2, 0.25) is 0 Å². The number of carbonyl (C=O) groups excluding carboxylic acids is 2. The summed E-state index contributed by atoms with van der Waals surface area (Å²) in [6, 6.07) is 0. The van der Waals surface area contributed by atoms with Crippen LogP contribution in [0.4, 0.5) is 22.0 Å². The van der Waals surface area contributed by atoms with Gasteiger partial charge in [-0.25, -0.2) is 13.2 Å². The predicted octanol–water partition coefficient (Wildman–Crippen LogP) is 4.39. The van der Waals surface area contributed by atoms with Crippen molar-refractivity contribution >= 4 is 11.9 Å². The van der Waals surface area contributed by atoms with Gasteiger partial charge < -0.3 is 19.5 Å². The van der Waals surface area contributed by atoms with Crippen molar-refractivity contribution < 1.29 is 45.8 Å². The van der Waals surface area contributed by atoms with Crippen molar-refractivity contribution in [1.29, 1.82) is 0 Å². The Labute approximate surface area is 183 Å². The van der Waals surface area contributed by atoms with Crippen molar-refractivity contribution in [3.8, 4) is 5.75 Å². The summed E-state index contributed by atoms with van der Waals surface area (Å²) < 4.78 is 82.0. The third-order valence-corrected chi connectivity index (χ3v) is 4.84. The summed E-state index contributed by atoms with van der Waals surface area (Å²) in [5.74, 6) is -15.9. The fourth-order valence-corrected chi connectivity index (χ4v) is 2.75. The Balaban J connectivity index is 0.00000249. The molecule has 2 unspecified atom stereocenters. The van der Waals surface area contributed by atoms with E-state index < -0.39 is 70.4 Å². The summed E-state index contributed by atoms with van der Waals surface area (Å²) in [7, 11) is 0. The highest BCUT2D eigenvalue weighted by Crippen LogP contribution is 2.37. The molecule has 1 aliphatic rings.